The van der Waals surface area contributed by atoms with Gasteiger partial charge in [-0.2, -0.15) is 0 Å². The highest BCUT2D eigenvalue weighted by Crippen LogP contribution is 2.26. The zero-order valence-electron chi connectivity index (χ0n) is 15.0. The first-order chi connectivity index (χ1) is 12.5. The topological polar surface area (TPSA) is 80.3 Å². The van der Waals surface area contributed by atoms with Crippen LogP contribution in [0.2, 0.25) is 0 Å². The van der Waals surface area contributed by atoms with E-state index in [0.717, 1.165) is 0 Å². The number of carbonyl (C=O) groups is 2. The molecule has 7 heteroatoms. The molecule has 0 aliphatic carbocycles. The van der Waals surface area contributed by atoms with Crippen LogP contribution in [0.4, 0.5) is 0 Å². The number of hydrogen-bond acceptors (Lipinski definition) is 7. The first kappa shape index (κ1) is 19.1. The van der Waals surface area contributed by atoms with Gasteiger partial charge in [0.15, 0.2) is 6.61 Å². The predicted octanol–water partition coefficient (Wildman–Crippen LogP) is 2.76. The largest absolute Gasteiger partial charge is 0.497 e. The average molecular weight is 360 g/mol. The van der Waals surface area contributed by atoms with Gasteiger partial charge in [-0.1, -0.05) is 0 Å². The molecule has 7 nitrogen and oxygen atoms in total. The summed E-state index contributed by atoms with van der Waals surface area (Å²) in [7, 11) is 5.88. The minimum atomic E-state index is -0.693. The van der Waals surface area contributed by atoms with Gasteiger partial charge >= 0.3 is 5.97 Å². The molecule has 0 atom stereocenters. The Balaban J connectivity index is 2.13. The summed E-state index contributed by atoms with van der Waals surface area (Å²) in [6.45, 7) is -0.443. The van der Waals surface area contributed by atoms with Gasteiger partial charge in [-0.3, -0.25) is 4.79 Å². The molecule has 138 valence electrons. The van der Waals surface area contributed by atoms with Crippen molar-refractivity contribution in [2.75, 3.05) is 35.0 Å². The lowest BCUT2D eigenvalue weighted by Crippen LogP contribution is -2.15. The van der Waals surface area contributed by atoms with Gasteiger partial charge in [0.25, 0.3) is 0 Å². The lowest BCUT2D eigenvalue weighted by atomic mass is 10.1. The molecule has 0 heterocycles. The van der Waals surface area contributed by atoms with Crippen molar-refractivity contribution in [1.82, 2.24) is 0 Å². The molecule has 0 aliphatic rings. The molecule has 0 aromatic heterocycles. The van der Waals surface area contributed by atoms with E-state index in [2.05, 4.69) is 0 Å². The van der Waals surface area contributed by atoms with Crippen molar-refractivity contribution >= 4 is 11.8 Å². The van der Waals surface area contributed by atoms with Crippen molar-refractivity contribution in [3.63, 3.8) is 0 Å². The van der Waals surface area contributed by atoms with Crippen LogP contribution in [0.15, 0.2) is 36.4 Å². The highest BCUT2D eigenvalue weighted by Gasteiger charge is 2.19. The molecule has 0 amide bonds. The predicted molar refractivity (Wildman–Crippen MR) is 93.7 cm³/mol. The van der Waals surface area contributed by atoms with Crippen molar-refractivity contribution < 1.29 is 33.3 Å². The van der Waals surface area contributed by atoms with Crippen molar-refractivity contribution in [2.24, 2.45) is 0 Å². The summed E-state index contributed by atoms with van der Waals surface area (Å²) >= 11 is 0. The summed E-state index contributed by atoms with van der Waals surface area (Å²) in [5.74, 6) is 0.591. The van der Waals surface area contributed by atoms with E-state index in [-0.39, 0.29) is 5.56 Å². The highest BCUT2D eigenvalue weighted by molar-refractivity contribution is 6.02. The summed E-state index contributed by atoms with van der Waals surface area (Å²) in [5.41, 5.74) is 0.458. The molecule has 0 saturated heterocycles. The number of methoxy groups -OCH3 is 4. The Morgan fingerprint density at radius 3 is 1.96 bits per heavy atom. The van der Waals surface area contributed by atoms with Crippen LogP contribution in [0.1, 0.15) is 20.7 Å². The van der Waals surface area contributed by atoms with Crippen LogP contribution in [-0.2, 0) is 4.74 Å². The molecule has 0 spiro atoms. The van der Waals surface area contributed by atoms with Gasteiger partial charge < -0.3 is 23.7 Å². The summed E-state index contributed by atoms with van der Waals surface area (Å²) in [6, 6.07) is 9.50. The Morgan fingerprint density at radius 2 is 1.35 bits per heavy atom. The van der Waals surface area contributed by atoms with Crippen LogP contribution >= 0.6 is 0 Å². The molecule has 0 saturated carbocycles. The van der Waals surface area contributed by atoms with Crippen LogP contribution in [0.5, 0.6) is 23.0 Å². The Kier molecular flexibility index (Phi) is 6.43. The SMILES string of the molecule is COc1ccc(C(=O)COC(=O)c2cc(OC)ccc2OC)c(OC)c1. The number of esters is 1. The second-order valence-corrected chi connectivity index (χ2v) is 5.13. The number of hydrogen-bond donors (Lipinski definition) is 0. The van der Waals surface area contributed by atoms with E-state index in [1.54, 1.807) is 30.3 Å². The fraction of sp³-hybridized carbons (Fsp3) is 0.263. The standard InChI is InChI=1S/C19H20O7/c1-22-12-6-8-17(24-3)15(9-12)19(21)26-11-16(20)14-7-5-13(23-2)10-18(14)25-4/h5-10H,11H2,1-4H3. The van der Waals surface area contributed by atoms with Crippen molar-refractivity contribution in [1.29, 1.82) is 0 Å². The molecule has 26 heavy (non-hydrogen) atoms. The maximum Gasteiger partial charge on any atom is 0.342 e. The zero-order valence-corrected chi connectivity index (χ0v) is 15.0. The van der Waals surface area contributed by atoms with E-state index >= 15 is 0 Å². The second-order valence-electron chi connectivity index (χ2n) is 5.13. The average Bonchev–Trinajstić information content (AvgIpc) is 2.70. The monoisotopic (exact) mass is 360 g/mol. The van der Waals surface area contributed by atoms with Gasteiger partial charge in [0.2, 0.25) is 5.78 Å². The third kappa shape index (κ3) is 4.24. The van der Waals surface area contributed by atoms with E-state index < -0.39 is 18.4 Å². The van der Waals surface area contributed by atoms with Gasteiger partial charge in [-0.05, 0) is 30.3 Å². The minimum Gasteiger partial charge on any atom is -0.497 e. The van der Waals surface area contributed by atoms with Crippen molar-refractivity contribution in [3.05, 3.63) is 47.5 Å². The molecule has 2 aromatic rings. The molecule has 0 fully saturated rings. The van der Waals surface area contributed by atoms with Crippen LogP contribution in [0.3, 0.4) is 0 Å². The maximum atomic E-state index is 12.4. The number of ether oxygens (including phenoxy) is 5. The van der Waals surface area contributed by atoms with Crippen LogP contribution < -0.4 is 18.9 Å². The number of Topliss-reactive ketones (excluding diaryl/α,β-unsaturated/α-hetero) is 1. The Hall–Kier alpha value is -3.22. The van der Waals surface area contributed by atoms with Gasteiger partial charge in [-0.15, -0.1) is 0 Å². The van der Waals surface area contributed by atoms with E-state index in [1.807, 2.05) is 0 Å². The summed E-state index contributed by atoms with van der Waals surface area (Å²) in [5, 5.41) is 0. The minimum absolute atomic E-state index is 0.168. The molecule has 2 aromatic carbocycles. The van der Waals surface area contributed by atoms with Gasteiger partial charge in [0.1, 0.15) is 28.6 Å². The molecule has 0 N–H and O–H groups in total. The molecule has 0 unspecified atom stereocenters. The lowest BCUT2D eigenvalue weighted by Gasteiger charge is -2.11. The first-order valence-electron chi connectivity index (χ1n) is 7.68. The van der Waals surface area contributed by atoms with Crippen molar-refractivity contribution in [2.45, 2.75) is 0 Å². The molecule has 0 bridgehead atoms. The second kappa shape index (κ2) is 8.75. The maximum absolute atomic E-state index is 12.4. The molecule has 0 radical (unpaired) electrons. The van der Waals surface area contributed by atoms with Gasteiger partial charge in [-0.25, -0.2) is 4.79 Å². The molecule has 2 rings (SSSR count). The van der Waals surface area contributed by atoms with Crippen LogP contribution in [0, 0.1) is 0 Å². The third-order valence-corrected chi connectivity index (χ3v) is 3.67. The Bertz CT molecular complexity index is 798. The smallest absolute Gasteiger partial charge is 0.342 e. The number of benzene rings is 2. The third-order valence-electron chi connectivity index (χ3n) is 3.67. The van der Waals surface area contributed by atoms with Gasteiger partial charge in [0, 0.05) is 6.07 Å². The summed E-state index contributed by atoms with van der Waals surface area (Å²) < 4.78 is 25.7. The lowest BCUT2D eigenvalue weighted by molar-refractivity contribution is 0.0470. The molecule has 0 aliphatic heterocycles. The molecular formula is C19H20O7. The Labute approximate surface area is 151 Å². The van der Waals surface area contributed by atoms with E-state index in [0.29, 0.717) is 28.6 Å². The quantitative estimate of drug-likeness (QED) is 0.529. The van der Waals surface area contributed by atoms with E-state index in [1.165, 1.54) is 34.5 Å². The fourth-order valence-corrected chi connectivity index (χ4v) is 2.29. The summed E-state index contributed by atoms with van der Waals surface area (Å²) in [6.07, 6.45) is 0. The fourth-order valence-electron chi connectivity index (χ4n) is 2.29. The molecular weight excluding hydrogens is 340 g/mol. The number of ketones is 1. The normalized spacial score (nSPS) is 10.0. The summed E-state index contributed by atoms with van der Waals surface area (Å²) in [4.78, 5) is 24.7. The highest BCUT2D eigenvalue weighted by atomic mass is 16.5. The van der Waals surface area contributed by atoms with Gasteiger partial charge in [0.05, 0.1) is 34.0 Å². The van der Waals surface area contributed by atoms with Crippen molar-refractivity contribution in [3.8, 4) is 23.0 Å². The van der Waals surface area contributed by atoms with Crippen LogP contribution in [0.25, 0.3) is 0 Å². The Morgan fingerprint density at radius 1 is 0.731 bits per heavy atom. The number of carbonyl (C=O) groups excluding carboxylic acids is 2. The zero-order chi connectivity index (χ0) is 19.1. The first-order valence-corrected chi connectivity index (χ1v) is 7.68. The van der Waals surface area contributed by atoms with E-state index in [4.69, 9.17) is 23.7 Å². The van der Waals surface area contributed by atoms with Crippen LogP contribution in [-0.4, -0.2) is 46.8 Å². The number of rotatable bonds is 8. The van der Waals surface area contributed by atoms with E-state index in [9.17, 15) is 9.59 Å².